The van der Waals surface area contributed by atoms with Crippen molar-refractivity contribution in [3.63, 3.8) is 0 Å². The molecule has 0 saturated heterocycles. The number of benzene rings is 3. The number of carbonyl (C=O) groups excluding carboxylic acids is 1. The van der Waals surface area contributed by atoms with Crippen LogP contribution in [0.2, 0.25) is 0 Å². The summed E-state index contributed by atoms with van der Waals surface area (Å²) in [4.78, 5) is 12.9. The second-order valence-corrected chi connectivity index (χ2v) is 8.77. The summed E-state index contributed by atoms with van der Waals surface area (Å²) >= 11 is 0. The highest BCUT2D eigenvalue weighted by Crippen LogP contribution is 2.21. The third kappa shape index (κ3) is 4.17. The molecule has 1 N–H and O–H groups in total. The number of nitrogens with zero attached hydrogens (tertiary/aromatic N) is 3. The lowest BCUT2D eigenvalue weighted by Crippen LogP contribution is -2.31. The fourth-order valence-corrected chi connectivity index (χ4v) is 4.34. The van der Waals surface area contributed by atoms with Gasteiger partial charge in [0.2, 0.25) is 0 Å². The minimum Gasteiger partial charge on any atom is -0.266 e. The van der Waals surface area contributed by atoms with Crippen LogP contribution in [0, 0.1) is 18.3 Å². The van der Waals surface area contributed by atoms with Crippen molar-refractivity contribution in [2.45, 2.75) is 18.4 Å². The van der Waals surface area contributed by atoms with Crippen LogP contribution in [-0.4, -0.2) is 24.1 Å². The summed E-state index contributed by atoms with van der Waals surface area (Å²) in [6.45, 7) is 2.14. The lowest BCUT2D eigenvalue weighted by atomic mass is 10.1. The molecule has 0 fully saturated rings. The molecule has 1 amide bonds. The van der Waals surface area contributed by atoms with Gasteiger partial charge in [0, 0.05) is 5.39 Å². The average molecular weight is 430 g/mol. The molecule has 0 unspecified atom stereocenters. The molecule has 154 valence electrons. The quantitative estimate of drug-likeness (QED) is 0.523. The molecule has 7 nitrogen and oxygen atoms in total. The van der Waals surface area contributed by atoms with Crippen molar-refractivity contribution in [1.29, 1.82) is 5.26 Å². The monoisotopic (exact) mass is 430 g/mol. The molecule has 31 heavy (non-hydrogen) atoms. The maximum atomic E-state index is 12.9. The Morgan fingerprint density at radius 3 is 2.52 bits per heavy atom. The summed E-state index contributed by atoms with van der Waals surface area (Å²) in [6.07, 6.45) is 0. The minimum atomic E-state index is -4.04. The molecule has 0 aliphatic rings. The van der Waals surface area contributed by atoms with E-state index in [0.717, 1.165) is 11.1 Å². The Morgan fingerprint density at radius 2 is 1.81 bits per heavy atom. The summed E-state index contributed by atoms with van der Waals surface area (Å²) in [6, 6.07) is 22.6. The summed E-state index contributed by atoms with van der Waals surface area (Å²) < 4.78 is 29.1. The Bertz CT molecular complexity index is 1430. The Labute approximate surface area is 179 Å². The summed E-state index contributed by atoms with van der Waals surface area (Å²) in [7, 11) is -4.04. The van der Waals surface area contributed by atoms with Gasteiger partial charge in [-0.05, 0) is 48.4 Å². The standard InChI is InChI=1S/C23H18N4O3S/c1-16-5-4-6-19(13-16)31(29,30)26-23(28)22-20-7-2-3-8-21(20)27(25-22)15-18-11-9-17(14-24)10-12-18/h2-13H,15H2,1H3,(H,26,28). The minimum absolute atomic E-state index is 0.0159. The largest absolute Gasteiger partial charge is 0.286 e. The Kier molecular flexibility index (Phi) is 5.28. The molecule has 1 aromatic heterocycles. The first kappa shape index (κ1) is 20.3. The van der Waals surface area contributed by atoms with Crippen molar-refractivity contribution in [3.05, 3.63) is 95.2 Å². The van der Waals surface area contributed by atoms with E-state index in [1.807, 2.05) is 24.3 Å². The number of nitrogens with one attached hydrogen (secondary N) is 1. The number of aryl methyl sites for hydroxylation is 1. The fraction of sp³-hybridized carbons (Fsp3) is 0.0870. The molecule has 3 aromatic carbocycles. The smallest absolute Gasteiger partial charge is 0.266 e. The number of aromatic nitrogens is 2. The van der Waals surface area contributed by atoms with Crippen molar-refractivity contribution < 1.29 is 13.2 Å². The molecule has 0 aliphatic heterocycles. The van der Waals surface area contributed by atoms with Gasteiger partial charge in [0.25, 0.3) is 15.9 Å². The summed E-state index contributed by atoms with van der Waals surface area (Å²) in [5, 5.41) is 13.9. The van der Waals surface area contributed by atoms with Gasteiger partial charge >= 0.3 is 0 Å². The molecular formula is C23H18N4O3S. The lowest BCUT2D eigenvalue weighted by Gasteiger charge is -2.06. The maximum Gasteiger partial charge on any atom is 0.286 e. The number of carbonyl (C=O) groups is 1. The molecule has 0 bridgehead atoms. The van der Waals surface area contributed by atoms with Gasteiger partial charge in [0.05, 0.1) is 28.6 Å². The Morgan fingerprint density at radius 1 is 1.06 bits per heavy atom. The number of amides is 1. The van der Waals surface area contributed by atoms with E-state index >= 15 is 0 Å². The van der Waals surface area contributed by atoms with Crippen molar-refractivity contribution in [3.8, 4) is 6.07 Å². The van der Waals surface area contributed by atoms with Crippen LogP contribution in [0.4, 0.5) is 0 Å². The molecule has 0 atom stereocenters. The molecule has 4 rings (SSSR count). The summed E-state index contributed by atoms with van der Waals surface area (Å²) in [5.41, 5.74) is 2.94. The van der Waals surface area contributed by atoms with E-state index in [9.17, 15) is 13.2 Å². The number of hydrogen-bond acceptors (Lipinski definition) is 5. The van der Waals surface area contributed by atoms with Crippen LogP contribution in [0.15, 0.2) is 77.7 Å². The molecular weight excluding hydrogens is 412 g/mol. The van der Waals surface area contributed by atoms with E-state index in [2.05, 4.69) is 15.9 Å². The van der Waals surface area contributed by atoms with Gasteiger partial charge in [-0.3, -0.25) is 9.48 Å². The number of nitriles is 1. The molecule has 1 heterocycles. The van der Waals surface area contributed by atoms with E-state index in [0.29, 0.717) is 23.0 Å². The van der Waals surface area contributed by atoms with Crippen LogP contribution < -0.4 is 4.72 Å². The second kappa shape index (κ2) is 8.05. The number of fused-ring (bicyclic) bond motifs is 1. The first-order valence-electron chi connectivity index (χ1n) is 9.46. The van der Waals surface area contributed by atoms with Gasteiger partial charge in [-0.1, -0.05) is 42.5 Å². The SMILES string of the molecule is Cc1cccc(S(=O)(=O)NC(=O)c2nn(Cc3ccc(C#N)cc3)c3ccccc23)c1. The van der Waals surface area contributed by atoms with E-state index in [-0.39, 0.29) is 10.6 Å². The maximum absolute atomic E-state index is 12.9. The first-order valence-corrected chi connectivity index (χ1v) is 10.9. The van der Waals surface area contributed by atoms with Crippen molar-refractivity contribution >= 4 is 26.8 Å². The highest BCUT2D eigenvalue weighted by Gasteiger charge is 2.23. The topological polar surface area (TPSA) is 105 Å². The van der Waals surface area contributed by atoms with Gasteiger partial charge in [0.1, 0.15) is 0 Å². The predicted octanol–water partition coefficient (Wildman–Crippen LogP) is 3.38. The molecule has 0 aliphatic carbocycles. The van der Waals surface area contributed by atoms with Gasteiger partial charge in [-0.2, -0.15) is 10.4 Å². The highest BCUT2D eigenvalue weighted by atomic mass is 32.2. The third-order valence-corrected chi connectivity index (χ3v) is 6.14. The van der Waals surface area contributed by atoms with Crippen LogP contribution >= 0.6 is 0 Å². The van der Waals surface area contributed by atoms with Crippen molar-refractivity contribution in [2.24, 2.45) is 0 Å². The lowest BCUT2D eigenvalue weighted by molar-refractivity contribution is 0.0977. The molecule has 4 aromatic rings. The van der Waals surface area contributed by atoms with E-state index in [1.165, 1.54) is 12.1 Å². The van der Waals surface area contributed by atoms with Crippen LogP contribution in [0.1, 0.15) is 27.2 Å². The van der Waals surface area contributed by atoms with Crippen LogP contribution in [0.25, 0.3) is 10.9 Å². The van der Waals surface area contributed by atoms with Gasteiger partial charge in [-0.25, -0.2) is 13.1 Å². The Balaban J connectivity index is 1.67. The molecule has 0 saturated carbocycles. The van der Waals surface area contributed by atoms with Gasteiger partial charge in [0.15, 0.2) is 5.69 Å². The van der Waals surface area contributed by atoms with Crippen LogP contribution in [0.5, 0.6) is 0 Å². The zero-order chi connectivity index (χ0) is 22.0. The number of para-hydroxylation sites is 1. The van der Waals surface area contributed by atoms with Crippen molar-refractivity contribution in [1.82, 2.24) is 14.5 Å². The fourth-order valence-electron chi connectivity index (χ4n) is 3.29. The number of rotatable bonds is 5. The molecule has 0 radical (unpaired) electrons. The first-order chi connectivity index (χ1) is 14.9. The number of sulfonamides is 1. The van der Waals surface area contributed by atoms with Crippen LogP contribution in [-0.2, 0) is 16.6 Å². The molecule has 8 heteroatoms. The van der Waals surface area contributed by atoms with Gasteiger partial charge in [-0.15, -0.1) is 0 Å². The third-order valence-electron chi connectivity index (χ3n) is 4.82. The second-order valence-electron chi connectivity index (χ2n) is 7.08. The predicted molar refractivity (Wildman–Crippen MR) is 116 cm³/mol. The van der Waals surface area contributed by atoms with Crippen LogP contribution in [0.3, 0.4) is 0 Å². The van der Waals surface area contributed by atoms with E-state index in [4.69, 9.17) is 5.26 Å². The zero-order valence-corrected chi connectivity index (χ0v) is 17.4. The van der Waals surface area contributed by atoms with E-state index in [1.54, 1.807) is 48.0 Å². The molecule has 0 spiro atoms. The highest BCUT2D eigenvalue weighted by molar-refractivity contribution is 7.90. The van der Waals surface area contributed by atoms with E-state index < -0.39 is 15.9 Å². The van der Waals surface area contributed by atoms with Gasteiger partial charge < -0.3 is 0 Å². The van der Waals surface area contributed by atoms with Crippen molar-refractivity contribution in [2.75, 3.05) is 0 Å². The normalized spacial score (nSPS) is 11.2. The average Bonchev–Trinajstić information content (AvgIpc) is 3.13. The summed E-state index contributed by atoms with van der Waals surface area (Å²) in [5.74, 6) is -0.795. The number of hydrogen-bond donors (Lipinski definition) is 1. The Hall–Kier alpha value is -3.96. The zero-order valence-electron chi connectivity index (χ0n) is 16.6.